The second-order valence-electron chi connectivity index (χ2n) is 7.01. The molecule has 8 heteroatoms. The summed E-state index contributed by atoms with van der Waals surface area (Å²) >= 11 is 3.38. The number of imidazole rings is 1. The number of nitrogens with zero attached hydrogens (tertiary/aromatic N) is 4. The topological polar surface area (TPSA) is 64.7 Å². The van der Waals surface area contributed by atoms with Crippen molar-refractivity contribution in [1.82, 2.24) is 19.3 Å². The van der Waals surface area contributed by atoms with Gasteiger partial charge >= 0.3 is 0 Å². The van der Waals surface area contributed by atoms with Gasteiger partial charge < -0.3 is 9.88 Å². The van der Waals surface area contributed by atoms with Gasteiger partial charge in [0.25, 0.3) is 5.56 Å². The van der Waals surface area contributed by atoms with Crippen LogP contribution in [0.4, 0.5) is 15.8 Å². The summed E-state index contributed by atoms with van der Waals surface area (Å²) in [7, 11) is 0. The van der Waals surface area contributed by atoms with Crippen LogP contribution in [0.15, 0.2) is 70.5 Å². The average molecular weight is 468 g/mol. The van der Waals surface area contributed by atoms with E-state index in [1.807, 2.05) is 42.8 Å². The van der Waals surface area contributed by atoms with Gasteiger partial charge in [0, 0.05) is 17.6 Å². The summed E-state index contributed by atoms with van der Waals surface area (Å²) in [6.45, 7) is 4.23. The summed E-state index contributed by atoms with van der Waals surface area (Å²) in [5.74, 6) is -0.315. The molecule has 0 unspecified atom stereocenters. The second-order valence-corrected chi connectivity index (χ2v) is 7.80. The van der Waals surface area contributed by atoms with Crippen LogP contribution in [0.3, 0.4) is 0 Å². The highest BCUT2D eigenvalue weighted by Gasteiger charge is 2.11. The van der Waals surface area contributed by atoms with E-state index in [1.165, 1.54) is 16.8 Å². The zero-order chi connectivity index (χ0) is 21.3. The number of rotatable bonds is 5. The molecular weight excluding hydrogens is 449 g/mol. The first-order chi connectivity index (χ1) is 14.4. The van der Waals surface area contributed by atoms with Crippen LogP contribution in [-0.2, 0) is 6.54 Å². The number of nitrogens with one attached hydrogen (secondary N) is 1. The number of benzene rings is 2. The number of aromatic nitrogens is 4. The van der Waals surface area contributed by atoms with Crippen molar-refractivity contribution in [3.63, 3.8) is 0 Å². The van der Waals surface area contributed by atoms with E-state index in [9.17, 15) is 9.18 Å². The third kappa shape index (κ3) is 4.18. The predicted molar refractivity (Wildman–Crippen MR) is 118 cm³/mol. The smallest absolute Gasteiger partial charge is 0.283 e. The summed E-state index contributed by atoms with van der Waals surface area (Å²) in [5, 5.41) is 7.49. The van der Waals surface area contributed by atoms with Gasteiger partial charge in [-0.2, -0.15) is 5.10 Å². The van der Waals surface area contributed by atoms with Crippen LogP contribution in [0.25, 0.3) is 5.69 Å². The van der Waals surface area contributed by atoms with Crippen LogP contribution in [0.5, 0.6) is 0 Å². The Bertz CT molecular complexity index is 1260. The van der Waals surface area contributed by atoms with E-state index >= 15 is 0 Å². The molecule has 0 fully saturated rings. The number of aryl methyl sites for hydroxylation is 2. The molecule has 0 radical (unpaired) electrons. The van der Waals surface area contributed by atoms with Gasteiger partial charge in [-0.25, -0.2) is 14.1 Å². The maximum Gasteiger partial charge on any atom is 0.283 e. The van der Waals surface area contributed by atoms with Crippen LogP contribution in [0, 0.1) is 19.7 Å². The normalized spacial score (nSPS) is 10.9. The highest BCUT2D eigenvalue weighted by atomic mass is 79.9. The van der Waals surface area contributed by atoms with Crippen LogP contribution < -0.4 is 10.9 Å². The van der Waals surface area contributed by atoms with E-state index in [0.717, 1.165) is 28.2 Å². The molecule has 30 heavy (non-hydrogen) atoms. The molecule has 0 bridgehead atoms. The maximum absolute atomic E-state index is 13.1. The Balaban J connectivity index is 1.56. The summed E-state index contributed by atoms with van der Waals surface area (Å²) in [4.78, 5) is 17.0. The second kappa shape index (κ2) is 8.23. The molecule has 4 aromatic rings. The first kappa shape index (κ1) is 20.0. The predicted octanol–water partition coefficient (Wildman–Crippen LogP) is 4.74. The number of hydrogen-bond donors (Lipinski definition) is 1. The molecule has 2 aromatic carbocycles. The summed E-state index contributed by atoms with van der Waals surface area (Å²) in [6, 6.07) is 11.9. The molecule has 1 N–H and O–H groups in total. The third-order valence-corrected chi connectivity index (χ3v) is 5.46. The summed E-state index contributed by atoms with van der Waals surface area (Å²) < 4.78 is 16.8. The molecule has 0 aliphatic rings. The van der Waals surface area contributed by atoms with Crippen molar-refractivity contribution in [2.75, 3.05) is 5.32 Å². The molecule has 0 amide bonds. The fourth-order valence-electron chi connectivity index (χ4n) is 3.16. The van der Waals surface area contributed by atoms with Gasteiger partial charge in [-0.05, 0) is 71.2 Å². The van der Waals surface area contributed by atoms with Crippen molar-refractivity contribution in [2.45, 2.75) is 20.4 Å². The maximum atomic E-state index is 13.1. The van der Waals surface area contributed by atoms with Crippen molar-refractivity contribution < 1.29 is 4.39 Å². The standard InChI is InChI=1S/C22H19BrFN5O/c1-14-9-18(7-8-20(14)28-11-15(2)25-13-28)27-19-10-26-29(22(30)21(19)23)12-16-3-5-17(24)6-4-16/h3-11,13,27H,12H2,1-2H3. The number of halogens is 2. The Morgan fingerprint density at radius 2 is 1.90 bits per heavy atom. The van der Waals surface area contributed by atoms with Crippen molar-refractivity contribution in [3.05, 3.63) is 98.7 Å². The van der Waals surface area contributed by atoms with Gasteiger partial charge in [-0.15, -0.1) is 0 Å². The zero-order valence-electron chi connectivity index (χ0n) is 16.4. The minimum atomic E-state index is -0.315. The Morgan fingerprint density at radius 1 is 1.13 bits per heavy atom. The molecule has 0 atom stereocenters. The number of hydrogen-bond acceptors (Lipinski definition) is 4. The monoisotopic (exact) mass is 467 g/mol. The summed E-state index contributed by atoms with van der Waals surface area (Å²) in [6.07, 6.45) is 5.35. The first-order valence-electron chi connectivity index (χ1n) is 9.29. The largest absolute Gasteiger partial charge is 0.353 e. The minimum Gasteiger partial charge on any atom is -0.353 e. The van der Waals surface area contributed by atoms with Crippen molar-refractivity contribution in [1.29, 1.82) is 0 Å². The average Bonchev–Trinajstić information content (AvgIpc) is 3.15. The van der Waals surface area contributed by atoms with Crippen LogP contribution >= 0.6 is 15.9 Å². The van der Waals surface area contributed by atoms with Gasteiger partial charge in [-0.3, -0.25) is 4.79 Å². The van der Waals surface area contributed by atoms with Gasteiger partial charge in [0.1, 0.15) is 10.3 Å². The first-order valence-corrected chi connectivity index (χ1v) is 10.1. The molecule has 0 saturated heterocycles. The summed E-state index contributed by atoms with van der Waals surface area (Å²) in [5.41, 5.74) is 4.98. The van der Waals surface area contributed by atoms with E-state index in [4.69, 9.17) is 0 Å². The molecule has 6 nitrogen and oxygen atoms in total. The lowest BCUT2D eigenvalue weighted by Crippen LogP contribution is -2.24. The third-order valence-electron chi connectivity index (χ3n) is 4.70. The molecule has 0 aliphatic carbocycles. The Hall–Kier alpha value is -3.26. The highest BCUT2D eigenvalue weighted by Crippen LogP contribution is 2.25. The molecule has 0 saturated carbocycles. The molecule has 4 rings (SSSR count). The fourth-order valence-corrected chi connectivity index (χ4v) is 3.57. The van der Waals surface area contributed by atoms with Crippen LogP contribution in [-0.4, -0.2) is 19.3 Å². The van der Waals surface area contributed by atoms with Crippen molar-refractivity contribution >= 4 is 27.3 Å². The van der Waals surface area contributed by atoms with Gasteiger partial charge in [0.2, 0.25) is 0 Å². The zero-order valence-corrected chi connectivity index (χ0v) is 18.0. The molecule has 2 aromatic heterocycles. The van der Waals surface area contributed by atoms with Gasteiger partial charge in [0.15, 0.2) is 0 Å². The van der Waals surface area contributed by atoms with Crippen molar-refractivity contribution in [2.24, 2.45) is 0 Å². The number of anilines is 2. The van der Waals surface area contributed by atoms with Crippen LogP contribution in [0.2, 0.25) is 0 Å². The van der Waals surface area contributed by atoms with E-state index < -0.39 is 0 Å². The lowest BCUT2D eigenvalue weighted by molar-refractivity contribution is 0.618. The van der Waals surface area contributed by atoms with E-state index in [2.05, 4.69) is 31.3 Å². The lowest BCUT2D eigenvalue weighted by atomic mass is 10.1. The Kier molecular flexibility index (Phi) is 5.50. The molecule has 0 aliphatic heterocycles. The Morgan fingerprint density at radius 3 is 2.57 bits per heavy atom. The van der Waals surface area contributed by atoms with Gasteiger partial charge in [-0.1, -0.05) is 12.1 Å². The van der Waals surface area contributed by atoms with E-state index in [-0.39, 0.29) is 17.9 Å². The van der Waals surface area contributed by atoms with E-state index in [0.29, 0.717) is 10.2 Å². The van der Waals surface area contributed by atoms with E-state index in [1.54, 1.807) is 24.7 Å². The fraction of sp³-hybridized carbons (Fsp3) is 0.136. The van der Waals surface area contributed by atoms with Gasteiger partial charge in [0.05, 0.1) is 30.5 Å². The highest BCUT2D eigenvalue weighted by molar-refractivity contribution is 9.10. The van der Waals surface area contributed by atoms with Crippen molar-refractivity contribution in [3.8, 4) is 5.69 Å². The Labute approximate surface area is 181 Å². The SMILES string of the molecule is Cc1cn(-c2ccc(Nc3cnn(Cc4ccc(F)cc4)c(=O)c3Br)cc2C)cn1. The van der Waals surface area contributed by atoms with Crippen LogP contribution in [0.1, 0.15) is 16.8 Å². The molecule has 0 spiro atoms. The molecular formula is C22H19BrFN5O. The molecule has 152 valence electrons. The quantitative estimate of drug-likeness (QED) is 0.460. The molecule has 2 heterocycles. The lowest BCUT2D eigenvalue weighted by Gasteiger charge is -2.13. The minimum absolute atomic E-state index is 0.260.